The molecular weight excluding hydrogens is 246 g/mol. The minimum absolute atomic E-state index is 0.417. The Morgan fingerprint density at radius 1 is 1.44 bits per heavy atom. The van der Waals surface area contributed by atoms with E-state index in [9.17, 15) is 0 Å². The summed E-state index contributed by atoms with van der Waals surface area (Å²) in [6.45, 7) is 5.06. The first kappa shape index (κ1) is 13.2. The van der Waals surface area contributed by atoms with Crippen molar-refractivity contribution in [2.75, 3.05) is 6.54 Å². The van der Waals surface area contributed by atoms with Gasteiger partial charge in [-0.15, -0.1) is 0 Å². The summed E-state index contributed by atoms with van der Waals surface area (Å²) in [7, 11) is 0. The summed E-state index contributed by atoms with van der Waals surface area (Å²) in [5.41, 5.74) is 6.80. The molecule has 0 aliphatic carbocycles. The van der Waals surface area contributed by atoms with Crippen LogP contribution in [-0.4, -0.2) is 16.7 Å². The van der Waals surface area contributed by atoms with E-state index in [-0.39, 0.29) is 0 Å². The molecule has 2 heterocycles. The molecule has 5 heteroatoms. The molecule has 0 aliphatic heterocycles. The Bertz CT molecular complexity index is 464. The van der Waals surface area contributed by atoms with Crippen molar-refractivity contribution >= 4 is 11.3 Å². The third kappa shape index (κ3) is 3.40. The van der Waals surface area contributed by atoms with Crippen LogP contribution in [-0.2, 0) is 6.42 Å². The maximum absolute atomic E-state index is 5.78. The summed E-state index contributed by atoms with van der Waals surface area (Å²) in [5, 5.41) is 8.03. The number of nitrogens with zero attached hydrogens (tertiary/aromatic N) is 2. The van der Waals surface area contributed by atoms with Crippen LogP contribution in [0.1, 0.15) is 26.2 Å². The average Bonchev–Trinajstić information content (AvgIpc) is 2.97. The van der Waals surface area contributed by atoms with Gasteiger partial charge in [0.15, 0.2) is 0 Å². The molecule has 1 unspecified atom stereocenters. The summed E-state index contributed by atoms with van der Waals surface area (Å²) >= 11 is 1.63. The molecule has 0 fully saturated rings. The Hall–Kier alpha value is -1.20. The van der Waals surface area contributed by atoms with Crippen LogP contribution < -0.4 is 5.73 Å². The molecule has 98 valence electrons. The van der Waals surface area contributed by atoms with Gasteiger partial charge in [-0.25, -0.2) is 0 Å². The second-order valence-electron chi connectivity index (χ2n) is 4.96. The van der Waals surface area contributed by atoms with E-state index in [1.54, 1.807) is 11.3 Å². The number of thiophene rings is 1. The van der Waals surface area contributed by atoms with Crippen molar-refractivity contribution in [2.45, 2.75) is 26.7 Å². The van der Waals surface area contributed by atoms with Crippen molar-refractivity contribution in [1.82, 2.24) is 10.1 Å². The van der Waals surface area contributed by atoms with E-state index in [0.29, 0.717) is 30.1 Å². The van der Waals surface area contributed by atoms with Crippen LogP contribution in [0.25, 0.3) is 11.4 Å². The number of hydrogen-bond acceptors (Lipinski definition) is 5. The van der Waals surface area contributed by atoms with Crippen molar-refractivity contribution in [3.05, 3.63) is 22.7 Å². The maximum atomic E-state index is 5.78. The van der Waals surface area contributed by atoms with Crippen LogP contribution in [0.3, 0.4) is 0 Å². The van der Waals surface area contributed by atoms with E-state index in [4.69, 9.17) is 10.3 Å². The molecule has 0 saturated carbocycles. The highest BCUT2D eigenvalue weighted by Gasteiger charge is 2.15. The van der Waals surface area contributed by atoms with E-state index in [2.05, 4.69) is 24.0 Å². The highest BCUT2D eigenvalue weighted by atomic mass is 32.1. The van der Waals surface area contributed by atoms with Gasteiger partial charge in [-0.3, -0.25) is 0 Å². The van der Waals surface area contributed by atoms with E-state index in [0.717, 1.165) is 18.4 Å². The quantitative estimate of drug-likeness (QED) is 0.872. The van der Waals surface area contributed by atoms with Crippen molar-refractivity contribution in [2.24, 2.45) is 17.6 Å². The van der Waals surface area contributed by atoms with E-state index >= 15 is 0 Å². The normalized spacial score (nSPS) is 13.1. The van der Waals surface area contributed by atoms with Crippen molar-refractivity contribution in [3.8, 4) is 11.4 Å². The number of rotatable bonds is 6. The predicted molar refractivity (Wildman–Crippen MR) is 73.3 cm³/mol. The highest BCUT2D eigenvalue weighted by molar-refractivity contribution is 7.08. The third-order valence-corrected chi connectivity index (χ3v) is 3.53. The molecule has 0 radical (unpaired) electrons. The van der Waals surface area contributed by atoms with Crippen LogP contribution >= 0.6 is 11.3 Å². The molecule has 0 aliphatic rings. The largest absolute Gasteiger partial charge is 0.339 e. The number of nitrogens with two attached hydrogens (primary N) is 1. The molecule has 0 saturated heterocycles. The van der Waals surface area contributed by atoms with Gasteiger partial charge >= 0.3 is 0 Å². The van der Waals surface area contributed by atoms with E-state index < -0.39 is 0 Å². The molecule has 0 aromatic carbocycles. The highest BCUT2D eigenvalue weighted by Crippen LogP contribution is 2.21. The van der Waals surface area contributed by atoms with Gasteiger partial charge < -0.3 is 10.3 Å². The molecule has 4 nitrogen and oxygen atoms in total. The molecule has 18 heavy (non-hydrogen) atoms. The monoisotopic (exact) mass is 265 g/mol. The van der Waals surface area contributed by atoms with E-state index in [1.807, 2.05) is 16.8 Å². The zero-order chi connectivity index (χ0) is 13.0. The lowest BCUT2D eigenvalue weighted by molar-refractivity contribution is 0.332. The fourth-order valence-corrected chi connectivity index (χ4v) is 2.66. The molecule has 2 aromatic rings. The van der Waals surface area contributed by atoms with Gasteiger partial charge in [0.2, 0.25) is 11.7 Å². The van der Waals surface area contributed by atoms with Crippen molar-refractivity contribution in [3.63, 3.8) is 0 Å². The van der Waals surface area contributed by atoms with Gasteiger partial charge in [0.1, 0.15) is 0 Å². The van der Waals surface area contributed by atoms with Crippen molar-refractivity contribution < 1.29 is 4.52 Å². The molecule has 0 bridgehead atoms. The number of hydrogen-bond donors (Lipinski definition) is 1. The number of aromatic nitrogens is 2. The van der Waals surface area contributed by atoms with Crippen molar-refractivity contribution in [1.29, 1.82) is 0 Å². The SMILES string of the molecule is CC(C)CC(CN)Cc1nc(-c2ccsc2)no1. The standard InChI is InChI=1S/C13H19N3OS/c1-9(2)5-10(7-14)6-12-15-13(16-17-12)11-3-4-18-8-11/h3-4,8-10H,5-7,14H2,1-2H3. The van der Waals surface area contributed by atoms with Crippen LogP contribution in [0.2, 0.25) is 0 Å². The molecule has 2 aromatic heterocycles. The average molecular weight is 265 g/mol. The Labute approximate surface area is 111 Å². The Balaban J connectivity index is 2.01. The zero-order valence-corrected chi connectivity index (χ0v) is 11.6. The molecule has 2 rings (SSSR count). The first-order chi connectivity index (χ1) is 8.69. The van der Waals surface area contributed by atoms with Gasteiger partial charge in [-0.2, -0.15) is 16.3 Å². The van der Waals surface area contributed by atoms with Gasteiger partial charge in [-0.1, -0.05) is 19.0 Å². The molecule has 0 spiro atoms. The summed E-state index contributed by atoms with van der Waals surface area (Å²) in [4.78, 5) is 4.42. The van der Waals surface area contributed by atoms with Gasteiger partial charge in [0.05, 0.1) is 0 Å². The van der Waals surface area contributed by atoms with Crippen LogP contribution in [0.4, 0.5) is 0 Å². The molecule has 2 N–H and O–H groups in total. The van der Waals surface area contributed by atoms with Gasteiger partial charge in [-0.05, 0) is 36.2 Å². The first-order valence-corrected chi connectivity index (χ1v) is 7.18. The van der Waals surface area contributed by atoms with Gasteiger partial charge in [0, 0.05) is 17.4 Å². The Kier molecular flexibility index (Phi) is 4.49. The molecular formula is C13H19N3OS. The summed E-state index contributed by atoms with van der Waals surface area (Å²) in [6.07, 6.45) is 1.86. The first-order valence-electron chi connectivity index (χ1n) is 6.24. The summed E-state index contributed by atoms with van der Waals surface area (Å²) in [6, 6.07) is 1.99. The maximum Gasteiger partial charge on any atom is 0.227 e. The lowest BCUT2D eigenvalue weighted by atomic mass is 9.94. The Morgan fingerprint density at radius 2 is 2.28 bits per heavy atom. The lowest BCUT2D eigenvalue weighted by Crippen LogP contribution is -2.19. The lowest BCUT2D eigenvalue weighted by Gasteiger charge is -2.14. The van der Waals surface area contributed by atoms with E-state index in [1.165, 1.54) is 0 Å². The second kappa shape index (κ2) is 6.11. The molecule has 1 atom stereocenters. The minimum Gasteiger partial charge on any atom is -0.339 e. The van der Waals surface area contributed by atoms with Gasteiger partial charge in [0.25, 0.3) is 0 Å². The second-order valence-corrected chi connectivity index (χ2v) is 5.74. The topological polar surface area (TPSA) is 64.9 Å². The summed E-state index contributed by atoms with van der Waals surface area (Å²) in [5.74, 6) is 2.41. The van der Waals surface area contributed by atoms with Crippen LogP contribution in [0, 0.1) is 11.8 Å². The molecule has 0 amide bonds. The van der Waals surface area contributed by atoms with Crippen LogP contribution in [0.5, 0.6) is 0 Å². The zero-order valence-electron chi connectivity index (χ0n) is 10.8. The van der Waals surface area contributed by atoms with Crippen LogP contribution in [0.15, 0.2) is 21.3 Å². The third-order valence-electron chi connectivity index (χ3n) is 2.85. The summed E-state index contributed by atoms with van der Waals surface area (Å²) < 4.78 is 5.29. The fourth-order valence-electron chi connectivity index (χ4n) is 2.02. The fraction of sp³-hybridized carbons (Fsp3) is 0.538. The Morgan fingerprint density at radius 3 is 2.89 bits per heavy atom. The minimum atomic E-state index is 0.417. The predicted octanol–water partition coefficient (Wildman–Crippen LogP) is 2.96. The smallest absolute Gasteiger partial charge is 0.227 e.